The van der Waals surface area contributed by atoms with E-state index in [4.69, 9.17) is 0 Å². The molecule has 0 aliphatic rings. The molecular formula is C36H44PSi2-. The zero-order valence-corrected chi connectivity index (χ0v) is 28.1. The average molecular weight is 564 g/mol. The molecule has 0 aromatic heterocycles. The lowest BCUT2D eigenvalue weighted by molar-refractivity contribution is 1.51. The van der Waals surface area contributed by atoms with Crippen molar-refractivity contribution in [2.45, 2.75) is 53.1 Å². The molecule has 0 aliphatic carbocycles. The van der Waals surface area contributed by atoms with Gasteiger partial charge in [-0.1, -0.05) is 146 Å². The summed E-state index contributed by atoms with van der Waals surface area (Å²) in [6.07, 6.45) is 0. The molecule has 0 aliphatic heterocycles. The van der Waals surface area contributed by atoms with E-state index < -0.39 is 16.1 Å². The van der Waals surface area contributed by atoms with Gasteiger partial charge in [-0.05, 0) is 60.4 Å². The number of allylic oxidation sites excluding steroid dienone is 2. The quantitative estimate of drug-likeness (QED) is 0.100. The molecule has 0 saturated carbocycles. The van der Waals surface area contributed by atoms with Crippen molar-refractivity contribution >= 4 is 47.6 Å². The molecule has 0 nitrogen and oxygen atoms in total. The molecule has 0 heterocycles. The maximum absolute atomic E-state index is 3.21. The van der Waals surface area contributed by atoms with Crippen LogP contribution in [0.5, 0.6) is 0 Å². The van der Waals surface area contributed by atoms with E-state index in [0.717, 1.165) is 11.1 Å². The summed E-state index contributed by atoms with van der Waals surface area (Å²) in [6.45, 7) is 18.7. The third-order valence-corrected chi connectivity index (χ3v) is 11.0. The van der Waals surface area contributed by atoms with Gasteiger partial charge in [-0.3, -0.25) is 0 Å². The molecule has 4 aromatic carbocycles. The first-order chi connectivity index (χ1) is 17.9. The summed E-state index contributed by atoms with van der Waals surface area (Å²) < 4.78 is 0. The Labute approximate surface area is 243 Å². The maximum Gasteiger partial charge on any atom is 0.0775 e. The van der Waals surface area contributed by atoms with Crippen LogP contribution in [0.1, 0.15) is 36.1 Å². The SMILES string of the molecule is C/C(=C(\C)c1ccc([Si](C)(C)C)cc1)c1ccccc1.C[Si](C)(C)c1ccc(C#Cc2ccccc2)cc1.[PH2-]. The molecule has 0 spiro atoms. The minimum atomic E-state index is -1.20. The van der Waals surface area contributed by atoms with E-state index in [-0.39, 0.29) is 9.90 Å². The third-order valence-electron chi connectivity index (χ3n) is 6.83. The smallest absolute Gasteiger partial charge is 0.0775 e. The van der Waals surface area contributed by atoms with Crippen LogP contribution in [0.3, 0.4) is 0 Å². The van der Waals surface area contributed by atoms with E-state index in [1.807, 2.05) is 30.3 Å². The molecule has 0 unspecified atom stereocenters. The van der Waals surface area contributed by atoms with Crippen molar-refractivity contribution < 1.29 is 0 Å². The Morgan fingerprint density at radius 2 is 0.769 bits per heavy atom. The molecule has 0 atom stereocenters. The first kappa shape index (κ1) is 32.3. The van der Waals surface area contributed by atoms with E-state index in [9.17, 15) is 0 Å². The van der Waals surface area contributed by atoms with Crippen LogP contribution in [0.4, 0.5) is 0 Å². The highest BCUT2D eigenvalue weighted by molar-refractivity contribution is 6.92. The fourth-order valence-corrected chi connectivity index (χ4v) is 6.39. The zero-order chi connectivity index (χ0) is 27.8. The van der Waals surface area contributed by atoms with Crippen LogP contribution in [0.25, 0.3) is 11.1 Å². The second-order valence-electron chi connectivity index (χ2n) is 11.9. The van der Waals surface area contributed by atoms with Gasteiger partial charge in [0, 0.05) is 11.1 Å². The van der Waals surface area contributed by atoms with Crippen molar-refractivity contribution in [2.24, 2.45) is 0 Å². The molecule has 202 valence electrons. The van der Waals surface area contributed by atoms with E-state index in [1.54, 1.807) is 0 Å². The van der Waals surface area contributed by atoms with Crippen LogP contribution in [0.15, 0.2) is 109 Å². The number of hydrogen-bond acceptors (Lipinski definition) is 0. The highest BCUT2D eigenvalue weighted by atomic mass is 31.0. The molecule has 4 aromatic rings. The standard InChI is InChI=1S/C19H24Si.C17H18Si.H2P/c1-15(17-9-7-6-8-10-17)16(2)18-11-13-19(14-12-18)20(3,4)5;1-18(2,3)17-13-11-16(12-14-17)10-9-15-7-5-4-6-8-15;/h6-14H,1-5H3;4-8,11-14H,1-3H3;1H2/q;;-1/b16-15-;;. The van der Waals surface area contributed by atoms with Gasteiger partial charge >= 0.3 is 0 Å². The molecule has 0 saturated heterocycles. The molecule has 0 radical (unpaired) electrons. The van der Waals surface area contributed by atoms with Gasteiger partial charge in [-0.15, -0.1) is 0 Å². The van der Waals surface area contributed by atoms with E-state index in [1.165, 1.54) is 32.6 Å². The summed E-state index contributed by atoms with van der Waals surface area (Å²) in [4.78, 5) is 0. The van der Waals surface area contributed by atoms with Gasteiger partial charge in [0.2, 0.25) is 0 Å². The molecule has 0 bridgehead atoms. The predicted molar refractivity (Wildman–Crippen MR) is 186 cm³/mol. The van der Waals surface area contributed by atoms with Gasteiger partial charge in [0.1, 0.15) is 0 Å². The summed E-state index contributed by atoms with van der Waals surface area (Å²) >= 11 is 0. The number of benzene rings is 4. The Kier molecular flexibility index (Phi) is 11.9. The van der Waals surface area contributed by atoms with Crippen molar-refractivity contribution in [1.29, 1.82) is 0 Å². The second kappa shape index (κ2) is 14.4. The Balaban J connectivity index is 0.000000268. The van der Waals surface area contributed by atoms with Crippen molar-refractivity contribution in [3.63, 3.8) is 0 Å². The largest absolute Gasteiger partial charge is 0.577 e. The van der Waals surface area contributed by atoms with Crippen LogP contribution in [0, 0.1) is 11.8 Å². The van der Waals surface area contributed by atoms with Crippen molar-refractivity contribution in [2.75, 3.05) is 0 Å². The molecule has 0 fully saturated rings. The van der Waals surface area contributed by atoms with Crippen LogP contribution in [-0.4, -0.2) is 16.1 Å². The van der Waals surface area contributed by atoms with Gasteiger partial charge in [-0.2, -0.15) is 0 Å². The number of hydrogen-bond donors (Lipinski definition) is 0. The molecule has 0 amide bonds. The molecule has 3 heteroatoms. The van der Waals surface area contributed by atoms with Crippen LogP contribution in [-0.2, 0) is 0 Å². The average Bonchev–Trinajstić information content (AvgIpc) is 2.92. The Bertz CT molecular complexity index is 1390. The topological polar surface area (TPSA) is 0 Å². The Hall–Kier alpha value is -2.96. The van der Waals surface area contributed by atoms with E-state index in [2.05, 4.69) is 144 Å². The minimum Gasteiger partial charge on any atom is -0.577 e. The van der Waals surface area contributed by atoms with Gasteiger partial charge in [0.15, 0.2) is 0 Å². The summed E-state index contributed by atoms with van der Waals surface area (Å²) in [7, 11) is -2.39. The lowest BCUT2D eigenvalue weighted by Gasteiger charge is -2.17. The van der Waals surface area contributed by atoms with Crippen molar-refractivity contribution in [3.05, 3.63) is 131 Å². The highest BCUT2D eigenvalue weighted by Gasteiger charge is 2.16. The summed E-state index contributed by atoms with van der Waals surface area (Å²) in [6, 6.07) is 38.6. The Morgan fingerprint density at radius 3 is 1.18 bits per heavy atom. The first-order valence-electron chi connectivity index (χ1n) is 13.5. The first-order valence-corrected chi connectivity index (χ1v) is 20.5. The molecule has 39 heavy (non-hydrogen) atoms. The predicted octanol–water partition coefficient (Wildman–Crippen LogP) is 9.14. The minimum absolute atomic E-state index is 0. The van der Waals surface area contributed by atoms with Gasteiger partial charge in [0.25, 0.3) is 0 Å². The third kappa shape index (κ3) is 9.94. The van der Waals surface area contributed by atoms with Crippen molar-refractivity contribution in [1.82, 2.24) is 0 Å². The normalized spacial score (nSPS) is 11.6. The molecule has 4 rings (SSSR count). The molecule has 0 N–H and O–H groups in total. The van der Waals surface area contributed by atoms with Gasteiger partial charge < -0.3 is 9.90 Å². The van der Waals surface area contributed by atoms with E-state index in [0.29, 0.717) is 0 Å². The lowest BCUT2D eigenvalue weighted by Crippen LogP contribution is -2.37. The van der Waals surface area contributed by atoms with Crippen molar-refractivity contribution in [3.8, 4) is 11.8 Å². The van der Waals surface area contributed by atoms with Crippen LogP contribution < -0.4 is 10.4 Å². The lowest BCUT2D eigenvalue weighted by atomic mass is 9.97. The monoisotopic (exact) mass is 563 g/mol. The van der Waals surface area contributed by atoms with E-state index >= 15 is 0 Å². The summed E-state index contributed by atoms with van der Waals surface area (Å²) in [5.74, 6) is 6.39. The summed E-state index contributed by atoms with van der Waals surface area (Å²) in [5.41, 5.74) is 7.49. The maximum atomic E-state index is 3.21. The van der Waals surface area contributed by atoms with Crippen LogP contribution in [0.2, 0.25) is 39.3 Å². The van der Waals surface area contributed by atoms with Crippen LogP contribution >= 0.6 is 9.90 Å². The highest BCUT2D eigenvalue weighted by Crippen LogP contribution is 2.25. The van der Waals surface area contributed by atoms with Gasteiger partial charge in [0.05, 0.1) is 16.1 Å². The van der Waals surface area contributed by atoms with Gasteiger partial charge in [-0.25, -0.2) is 0 Å². The second-order valence-corrected chi connectivity index (χ2v) is 22.0. The number of rotatable bonds is 4. The Morgan fingerprint density at radius 1 is 0.436 bits per heavy atom. The molecular weight excluding hydrogens is 520 g/mol. The zero-order valence-electron chi connectivity index (χ0n) is 25.0. The fourth-order valence-electron chi connectivity index (χ4n) is 4.06. The fraction of sp³-hybridized carbons (Fsp3) is 0.222. The summed E-state index contributed by atoms with van der Waals surface area (Å²) in [5, 5.41) is 3.00.